The molecule has 2 atom stereocenters. The summed E-state index contributed by atoms with van der Waals surface area (Å²) in [7, 11) is 1.89. The highest BCUT2D eigenvalue weighted by Gasteiger charge is 2.38. The third-order valence-electron chi connectivity index (χ3n) is 3.55. The second-order valence-corrected chi connectivity index (χ2v) is 6.03. The van der Waals surface area contributed by atoms with E-state index in [1.165, 1.54) is 10.5 Å². The van der Waals surface area contributed by atoms with Gasteiger partial charge in [0.15, 0.2) is 0 Å². The standard InChI is InChI=1S/C14H18N2S/c1-11-5-3-4-6-13(11)17-12-7-8-14(9-12,10-15)16-2/h3-6,12,16H,7-9H2,1-2H3. The van der Waals surface area contributed by atoms with Gasteiger partial charge in [0.1, 0.15) is 5.54 Å². The van der Waals surface area contributed by atoms with Crippen molar-refractivity contribution < 1.29 is 0 Å². The van der Waals surface area contributed by atoms with Crippen LogP contribution in [0.25, 0.3) is 0 Å². The molecule has 1 aliphatic carbocycles. The van der Waals surface area contributed by atoms with Crippen molar-refractivity contribution in [2.45, 2.75) is 41.9 Å². The molecule has 0 heterocycles. The van der Waals surface area contributed by atoms with E-state index < -0.39 is 0 Å². The molecule has 1 aromatic carbocycles. The number of rotatable bonds is 3. The Labute approximate surface area is 107 Å². The summed E-state index contributed by atoms with van der Waals surface area (Å²) in [5.74, 6) is 0. The van der Waals surface area contributed by atoms with Crippen LogP contribution in [0.5, 0.6) is 0 Å². The number of aryl methyl sites for hydroxylation is 1. The highest BCUT2D eigenvalue weighted by atomic mass is 32.2. The molecule has 0 saturated heterocycles. The third kappa shape index (κ3) is 2.65. The fraction of sp³-hybridized carbons (Fsp3) is 0.500. The van der Waals surface area contributed by atoms with E-state index in [0.29, 0.717) is 5.25 Å². The molecule has 1 saturated carbocycles. The Morgan fingerprint density at radius 1 is 1.47 bits per heavy atom. The van der Waals surface area contributed by atoms with E-state index in [4.69, 9.17) is 0 Å². The zero-order valence-electron chi connectivity index (χ0n) is 10.4. The average molecular weight is 246 g/mol. The van der Waals surface area contributed by atoms with E-state index in [0.717, 1.165) is 19.3 Å². The van der Waals surface area contributed by atoms with Crippen LogP contribution in [0.1, 0.15) is 24.8 Å². The maximum absolute atomic E-state index is 9.23. The quantitative estimate of drug-likeness (QED) is 0.890. The minimum absolute atomic E-state index is 0.291. The van der Waals surface area contributed by atoms with E-state index in [-0.39, 0.29) is 5.54 Å². The van der Waals surface area contributed by atoms with Crippen molar-refractivity contribution in [3.05, 3.63) is 29.8 Å². The summed E-state index contributed by atoms with van der Waals surface area (Å²) in [6, 6.07) is 10.9. The summed E-state index contributed by atoms with van der Waals surface area (Å²) in [6.45, 7) is 2.15. The van der Waals surface area contributed by atoms with Crippen LogP contribution in [-0.4, -0.2) is 17.8 Å². The van der Waals surface area contributed by atoms with Crippen LogP contribution in [0, 0.1) is 18.3 Å². The van der Waals surface area contributed by atoms with E-state index in [1.807, 2.05) is 18.8 Å². The summed E-state index contributed by atoms with van der Waals surface area (Å²) in [5.41, 5.74) is 1.04. The number of thioether (sulfide) groups is 1. The Bertz CT molecular complexity index is 438. The summed E-state index contributed by atoms with van der Waals surface area (Å²) in [6.07, 6.45) is 3.02. The SMILES string of the molecule is CNC1(C#N)CCC(Sc2ccccc2C)C1. The average Bonchev–Trinajstić information content (AvgIpc) is 2.76. The Hall–Kier alpha value is -0.980. The van der Waals surface area contributed by atoms with Crippen LogP contribution in [-0.2, 0) is 0 Å². The molecule has 2 rings (SSSR count). The van der Waals surface area contributed by atoms with Crippen LogP contribution in [0.4, 0.5) is 0 Å². The lowest BCUT2D eigenvalue weighted by Gasteiger charge is -2.19. The molecular formula is C14H18N2S. The van der Waals surface area contributed by atoms with Gasteiger partial charge in [0.25, 0.3) is 0 Å². The van der Waals surface area contributed by atoms with Gasteiger partial charge < -0.3 is 5.32 Å². The van der Waals surface area contributed by atoms with Crippen molar-refractivity contribution in [1.29, 1.82) is 5.26 Å². The zero-order chi connectivity index (χ0) is 12.3. The number of nitrogens with one attached hydrogen (secondary N) is 1. The number of hydrogen-bond acceptors (Lipinski definition) is 3. The van der Waals surface area contributed by atoms with E-state index in [1.54, 1.807) is 0 Å². The summed E-state index contributed by atoms with van der Waals surface area (Å²) in [5, 5.41) is 13.0. The molecule has 1 N–H and O–H groups in total. The largest absolute Gasteiger partial charge is 0.302 e. The highest BCUT2D eigenvalue weighted by Crippen LogP contribution is 2.40. The van der Waals surface area contributed by atoms with Gasteiger partial charge in [-0.3, -0.25) is 0 Å². The smallest absolute Gasteiger partial charge is 0.107 e. The monoisotopic (exact) mass is 246 g/mol. The lowest BCUT2D eigenvalue weighted by Crippen LogP contribution is -2.38. The van der Waals surface area contributed by atoms with Crippen molar-refractivity contribution in [2.24, 2.45) is 0 Å². The minimum atomic E-state index is -0.291. The molecule has 0 amide bonds. The summed E-state index contributed by atoms with van der Waals surface area (Å²) in [4.78, 5) is 1.35. The second kappa shape index (κ2) is 5.12. The van der Waals surface area contributed by atoms with Gasteiger partial charge in [-0.1, -0.05) is 18.2 Å². The van der Waals surface area contributed by atoms with Gasteiger partial charge in [-0.25, -0.2) is 0 Å². The molecule has 2 unspecified atom stereocenters. The number of hydrogen-bond donors (Lipinski definition) is 1. The van der Waals surface area contributed by atoms with Gasteiger partial charge in [0.2, 0.25) is 0 Å². The molecule has 1 aliphatic rings. The van der Waals surface area contributed by atoms with Crippen LogP contribution in [0.15, 0.2) is 29.2 Å². The molecule has 90 valence electrons. The molecular weight excluding hydrogens is 228 g/mol. The summed E-state index contributed by atoms with van der Waals surface area (Å²) >= 11 is 1.92. The van der Waals surface area contributed by atoms with Gasteiger partial charge in [0.05, 0.1) is 6.07 Å². The lowest BCUT2D eigenvalue weighted by atomic mass is 10.0. The Kier molecular flexibility index (Phi) is 3.76. The fourth-order valence-corrected chi connectivity index (χ4v) is 3.73. The minimum Gasteiger partial charge on any atom is -0.302 e. The first-order valence-electron chi connectivity index (χ1n) is 6.01. The molecule has 0 spiro atoms. The molecule has 17 heavy (non-hydrogen) atoms. The first kappa shape index (κ1) is 12.5. The van der Waals surface area contributed by atoms with Gasteiger partial charge >= 0.3 is 0 Å². The zero-order valence-corrected chi connectivity index (χ0v) is 11.2. The maximum Gasteiger partial charge on any atom is 0.107 e. The first-order valence-corrected chi connectivity index (χ1v) is 6.89. The van der Waals surface area contributed by atoms with Crippen LogP contribution >= 0.6 is 11.8 Å². The Morgan fingerprint density at radius 3 is 2.82 bits per heavy atom. The number of benzene rings is 1. The molecule has 1 aromatic rings. The molecule has 0 bridgehead atoms. The molecule has 1 fully saturated rings. The lowest BCUT2D eigenvalue weighted by molar-refractivity contribution is 0.464. The number of nitriles is 1. The van der Waals surface area contributed by atoms with Crippen molar-refractivity contribution >= 4 is 11.8 Å². The van der Waals surface area contributed by atoms with Crippen molar-refractivity contribution in [3.8, 4) is 6.07 Å². The van der Waals surface area contributed by atoms with Gasteiger partial charge in [-0.05, 0) is 44.9 Å². The maximum atomic E-state index is 9.23. The summed E-state index contributed by atoms with van der Waals surface area (Å²) < 4.78 is 0. The van der Waals surface area contributed by atoms with Crippen LogP contribution < -0.4 is 5.32 Å². The molecule has 0 aromatic heterocycles. The topological polar surface area (TPSA) is 35.8 Å². The highest BCUT2D eigenvalue weighted by molar-refractivity contribution is 8.00. The third-order valence-corrected chi connectivity index (χ3v) is 5.00. The van der Waals surface area contributed by atoms with Gasteiger partial charge in [-0.2, -0.15) is 5.26 Å². The van der Waals surface area contributed by atoms with E-state index in [9.17, 15) is 5.26 Å². The van der Waals surface area contributed by atoms with Gasteiger partial charge in [-0.15, -0.1) is 11.8 Å². The Morgan fingerprint density at radius 2 is 2.24 bits per heavy atom. The number of nitrogens with zero attached hydrogens (tertiary/aromatic N) is 1. The second-order valence-electron chi connectivity index (χ2n) is 4.69. The van der Waals surface area contributed by atoms with Crippen molar-refractivity contribution in [2.75, 3.05) is 7.05 Å². The fourth-order valence-electron chi connectivity index (χ4n) is 2.35. The van der Waals surface area contributed by atoms with Crippen molar-refractivity contribution in [3.63, 3.8) is 0 Å². The van der Waals surface area contributed by atoms with Crippen LogP contribution in [0.2, 0.25) is 0 Å². The van der Waals surface area contributed by atoms with Crippen LogP contribution in [0.3, 0.4) is 0 Å². The van der Waals surface area contributed by atoms with E-state index in [2.05, 4.69) is 42.6 Å². The predicted octanol–water partition coefficient (Wildman–Crippen LogP) is 3.12. The van der Waals surface area contributed by atoms with E-state index >= 15 is 0 Å². The van der Waals surface area contributed by atoms with Gasteiger partial charge in [0, 0.05) is 10.1 Å². The molecule has 0 radical (unpaired) electrons. The molecule has 0 aliphatic heterocycles. The molecule has 3 heteroatoms. The van der Waals surface area contributed by atoms with Crippen molar-refractivity contribution in [1.82, 2.24) is 5.32 Å². The molecule has 2 nitrogen and oxygen atoms in total. The normalized spacial score (nSPS) is 27.9. The predicted molar refractivity (Wildman–Crippen MR) is 72.1 cm³/mol. The Balaban J connectivity index is 2.04. The first-order chi connectivity index (χ1) is 8.19.